The summed E-state index contributed by atoms with van der Waals surface area (Å²) in [6, 6.07) is 54.2. The van der Waals surface area contributed by atoms with Crippen LogP contribution in [0.4, 0.5) is 17.1 Å². The SMILES string of the molecule is CC(=O)Nc1ccc2c(c1)CC[C@H]1[C@H]2c2cc(O)c(Cl)cc2CCN1C.CN1CCc2cc(Cl)c(O)cc2[C@H]2c3ccc(NC(=O)CC4CC4)cc3CC[C@@H]21.CN1CCc2cc(Cl)c(O)cc2[C@H]2c3ccc(NS(=O)(=O)c4cccc(C#N)c4)cc3CC[C@@H]21.CN1CCc2cc(Cl)c(O)cc2[C@H]2c3cccc(C(=O)NCc4ccccn4)c3CC[C@@H]21. The van der Waals surface area contributed by atoms with Crippen LogP contribution < -0.4 is 20.7 Å². The molecule has 0 bridgehead atoms. The van der Waals surface area contributed by atoms with Gasteiger partial charge in [-0.1, -0.05) is 88.9 Å². The van der Waals surface area contributed by atoms with Crippen molar-refractivity contribution in [3.8, 4) is 29.1 Å². The molecule has 5 heterocycles. The summed E-state index contributed by atoms with van der Waals surface area (Å²) < 4.78 is 28.5. The highest BCUT2D eigenvalue weighted by molar-refractivity contribution is 7.92. The van der Waals surface area contributed by atoms with Gasteiger partial charge in [-0.25, -0.2) is 8.42 Å². The Morgan fingerprint density at radius 1 is 0.455 bits per heavy atom. The Balaban J connectivity index is 0.000000120. The largest absolute Gasteiger partial charge is 0.506 e. The van der Waals surface area contributed by atoms with Crippen LogP contribution in [0.15, 0.2) is 175 Å². The van der Waals surface area contributed by atoms with Gasteiger partial charge in [0.25, 0.3) is 15.9 Å². The third-order valence-corrected chi connectivity index (χ3v) is 29.0. The van der Waals surface area contributed by atoms with Crippen LogP contribution in [0.25, 0.3) is 0 Å². The first-order valence-corrected chi connectivity index (χ1v) is 44.9. The number of fused-ring (bicyclic) bond motifs is 20. The van der Waals surface area contributed by atoms with E-state index in [1.807, 2.05) is 103 Å². The summed E-state index contributed by atoms with van der Waals surface area (Å²) in [4.78, 5) is 50.7. The van der Waals surface area contributed by atoms with E-state index in [9.17, 15) is 43.2 Å². The lowest BCUT2D eigenvalue weighted by Gasteiger charge is -2.38. The van der Waals surface area contributed by atoms with Gasteiger partial charge in [0.1, 0.15) is 23.0 Å². The molecule has 0 radical (unpaired) electrons. The maximum absolute atomic E-state index is 13.1. The Labute approximate surface area is 727 Å². The summed E-state index contributed by atoms with van der Waals surface area (Å²) in [5.74, 6) is 1.65. The Hall–Kier alpha value is -10.0. The van der Waals surface area contributed by atoms with Gasteiger partial charge in [-0.05, 0) is 334 Å². The molecule has 1 saturated carbocycles. The Morgan fingerprint density at radius 3 is 1.30 bits per heavy atom. The predicted molar refractivity (Wildman–Crippen MR) is 477 cm³/mol. The number of phenolic OH excluding ortho intramolecular Hbond substituents is 4. The number of benzene rings is 9. The second kappa shape index (κ2) is 35.8. The number of rotatable bonds is 10. The van der Waals surface area contributed by atoms with Gasteiger partial charge in [-0.3, -0.25) is 24.1 Å². The van der Waals surface area contributed by atoms with Gasteiger partial charge in [0.2, 0.25) is 11.8 Å². The van der Waals surface area contributed by atoms with E-state index in [1.165, 1.54) is 87.5 Å². The molecule has 8 N–H and O–H groups in total. The zero-order valence-corrected chi connectivity index (χ0v) is 72.3. The molecule has 3 amide bonds. The lowest BCUT2D eigenvalue weighted by atomic mass is 9.73. The van der Waals surface area contributed by atoms with Crippen LogP contribution in [0.1, 0.15) is 186 Å². The number of pyridine rings is 1. The standard InChI is InChI=1S/C26H24ClN3O3S.C26H26ClN3O2.C24H27ClN2O2.C21H23ClN2O2/c1-30-10-9-18-13-23(27)25(31)14-22(18)26-21-7-6-19(12-17(21)5-8-24(26)30)29-34(32,33)20-4-2-3-16(11-20)15-28;1-30-12-10-16-13-22(27)24(31)14-21(16)25-19-6-4-7-20(18(19)8-9-23(25)30)26(32)29-15-17-5-2-3-11-28-17;1-27-9-8-16-12-20(25)22(28)13-19(16)24-18-6-5-17(11-15(18)4-7-21(24)27)26-23(29)10-14-2-3-14;1-12(25)23-15-4-5-16-13(9-15)3-6-19-21(16)17-11-20(26)18(22)10-14(17)7-8-24(19)2/h2-4,6-7,11-14,24,26,29,31H,5,8-10H2,1H3;2-7,11,13-14,23,25,31H,8-10,12,15H2,1H3,(H,29,32);5-6,11-14,21,24,28H,2-4,7-10H2,1H3,(H,26,29);4-5,9-11,19,21,26H,3,6-8H2,1-2H3,(H,23,25)/t24-,26+;23-,25+;21-,24+;19-,21+/m0000/s1. The first kappa shape index (κ1) is 84.6. The number of carbonyl (C=O) groups is 3. The van der Waals surface area contributed by atoms with E-state index in [-0.39, 0.29) is 75.3 Å². The van der Waals surface area contributed by atoms with Gasteiger partial charge in [-0.15, -0.1) is 0 Å². The molecule has 19 rings (SSSR count). The van der Waals surface area contributed by atoms with Crippen LogP contribution in [0, 0.1) is 17.2 Å². The number of phenols is 4. The summed E-state index contributed by atoms with van der Waals surface area (Å²) in [5.41, 5.74) is 23.0. The van der Waals surface area contributed by atoms with E-state index in [2.05, 4.69) is 104 Å². The van der Waals surface area contributed by atoms with Crippen molar-refractivity contribution >= 4 is 91.2 Å². The molecule has 24 heteroatoms. The quantitative estimate of drug-likeness (QED) is 0.0633. The molecule has 0 unspecified atom stereocenters. The maximum atomic E-state index is 13.1. The molecule has 9 aromatic carbocycles. The summed E-state index contributed by atoms with van der Waals surface area (Å²) >= 11 is 24.8. The molecular formula is C97H100Cl4N10O9S. The molecule has 1 fully saturated rings. The van der Waals surface area contributed by atoms with Crippen molar-refractivity contribution in [3.05, 3.63) is 296 Å². The number of nitrogens with zero attached hydrogens (tertiary/aromatic N) is 6. The van der Waals surface area contributed by atoms with Gasteiger partial charge in [-0.2, -0.15) is 5.26 Å². The van der Waals surface area contributed by atoms with Crippen molar-refractivity contribution < 1.29 is 43.2 Å². The number of aromatic hydroxyl groups is 4. The Morgan fingerprint density at radius 2 is 0.868 bits per heavy atom. The minimum atomic E-state index is -3.83. The summed E-state index contributed by atoms with van der Waals surface area (Å²) in [5, 5.41) is 60.9. The monoisotopic (exact) mass is 1720 g/mol. The molecule has 0 spiro atoms. The second-order valence-electron chi connectivity index (χ2n) is 34.0. The third-order valence-electron chi connectivity index (χ3n) is 26.4. The van der Waals surface area contributed by atoms with E-state index in [1.54, 1.807) is 30.5 Å². The number of halogens is 4. The van der Waals surface area contributed by atoms with E-state index in [0.29, 0.717) is 68.4 Å². The van der Waals surface area contributed by atoms with Crippen LogP contribution >= 0.6 is 46.4 Å². The van der Waals surface area contributed by atoms with Crippen LogP contribution in [-0.4, -0.2) is 150 Å². The molecule has 4 aliphatic heterocycles. The second-order valence-corrected chi connectivity index (χ2v) is 37.3. The average Bonchev–Trinajstić information content (AvgIpc) is 1.69. The number of carbonyl (C=O) groups excluding carboxylic acids is 3. The number of sulfonamides is 1. The number of likely N-dealkylation sites (N-methyl/N-ethyl adjacent to an activating group) is 4. The zero-order chi connectivity index (χ0) is 84.8. The van der Waals surface area contributed by atoms with Crippen LogP contribution in [0.2, 0.25) is 20.1 Å². The lowest BCUT2D eigenvalue weighted by Crippen LogP contribution is -2.40. The molecule has 19 nitrogen and oxygen atoms in total. The fraction of sp³-hybridized carbons (Fsp3) is 0.351. The highest BCUT2D eigenvalue weighted by Crippen LogP contribution is 2.51. The Kier molecular flexibility index (Phi) is 25.0. The first-order chi connectivity index (χ1) is 58.2. The van der Waals surface area contributed by atoms with Crippen molar-refractivity contribution in [1.82, 2.24) is 29.9 Å². The fourth-order valence-electron chi connectivity index (χ4n) is 20.1. The van der Waals surface area contributed by atoms with Gasteiger partial charge in [0.05, 0.1) is 48.9 Å². The fourth-order valence-corrected chi connectivity index (χ4v) is 22.0. The van der Waals surface area contributed by atoms with Gasteiger partial charge in [0.15, 0.2) is 0 Å². The van der Waals surface area contributed by atoms with Crippen LogP contribution in [0.5, 0.6) is 23.0 Å². The molecule has 121 heavy (non-hydrogen) atoms. The normalized spacial score (nSPS) is 21.2. The van der Waals surface area contributed by atoms with E-state index in [4.69, 9.17) is 51.7 Å². The number of anilines is 3. The van der Waals surface area contributed by atoms with Crippen LogP contribution in [-0.2, 0) is 77.5 Å². The molecule has 0 saturated heterocycles. The maximum Gasteiger partial charge on any atom is 0.261 e. The van der Waals surface area contributed by atoms with Gasteiger partial charge in [0, 0.05) is 116 Å². The zero-order valence-electron chi connectivity index (χ0n) is 68.4. The molecule has 1 aromatic heterocycles. The van der Waals surface area contributed by atoms with Gasteiger partial charge >= 0.3 is 0 Å². The highest BCUT2D eigenvalue weighted by Gasteiger charge is 2.43. The van der Waals surface area contributed by atoms with Crippen molar-refractivity contribution in [3.63, 3.8) is 0 Å². The smallest absolute Gasteiger partial charge is 0.261 e. The van der Waals surface area contributed by atoms with Crippen molar-refractivity contribution in [2.45, 2.75) is 163 Å². The topological polar surface area (TPSA) is 264 Å². The van der Waals surface area contributed by atoms with E-state index < -0.39 is 10.0 Å². The summed E-state index contributed by atoms with van der Waals surface area (Å²) in [6.07, 6.45) is 16.0. The number of nitriles is 1. The van der Waals surface area contributed by atoms with Crippen molar-refractivity contribution in [2.24, 2.45) is 5.92 Å². The lowest BCUT2D eigenvalue weighted by molar-refractivity contribution is -0.116. The van der Waals surface area contributed by atoms with E-state index >= 15 is 0 Å². The molecule has 626 valence electrons. The molecule has 5 aliphatic carbocycles. The number of hydrogen-bond donors (Lipinski definition) is 8. The molecule has 10 aromatic rings. The predicted octanol–water partition coefficient (Wildman–Crippen LogP) is 17.6. The van der Waals surface area contributed by atoms with E-state index in [0.717, 1.165) is 159 Å². The highest BCUT2D eigenvalue weighted by atomic mass is 35.5. The Bertz CT molecular complexity index is 5850. The molecule has 8 atom stereocenters. The minimum Gasteiger partial charge on any atom is -0.506 e. The minimum absolute atomic E-state index is 0.0519. The number of nitrogens with one attached hydrogen (secondary N) is 4. The first-order valence-electron chi connectivity index (χ1n) is 41.9. The number of amides is 3. The van der Waals surface area contributed by atoms with Gasteiger partial charge < -0.3 is 56.0 Å². The molecule has 9 aliphatic rings. The third kappa shape index (κ3) is 18.1. The van der Waals surface area contributed by atoms with Crippen LogP contribution in [0.3, 0.4) is 0 Å². The van der Waals surface area contributed by atoms with Crippen molar-refractivity contribution in [1.29, 1.82) is 5.26 Å². The number of hydrogen-bond acceptors (Lipinski definition) is 15. The molecular weight excluding hydrogens is 1620 g/mol. The summed E-state index contributed by atoms with van der Waals surface area (Å²) in [6.45, 7) is 5.74. The van der Waals surface area contributed by atoms with Crippen molar-refractivity contribution in [2.75, 3.05) is 69.7 Å². The average molecular weight is 1720 g/mol. The number of aromatic nitrogens is 1. The summed E-state index contributed by atoms with van der Waals surface area (Å²) in [7, 11) is 4.85. The number of aryl methyl sites for hydroxylation is 3.